The molecule has 2 heterocycles. The maximum absolute atomic E-state index is 13.0. The van der Waals surface area contributed by atoms with Crippen molar-refractivity contribution in [3.05, 3.63) is 82.2 Å². The summed E-state index contributed by atoms with van der Waals surface area (Å²) >= 11 is 0. The van der Waals surface area contributed by atoms with Gasteiger partial charge in [-0.3, -0.25) is 19.2 Å². The number of likely N-dealkylation sites (N-methyl/N-ethyl adjacent to an activating group) is 1. The Morgan fingerprint density at radius 1 is 0.906 bits per heavy atom. The van der Waals surface area contributed by atoms with E-state index in [9.17, 15) is 28.8 Å². The molecule has 0 spiro atoms. The number of amides is 3. The second-order valence-electron chi connectivity index (χ2n) is 12.6. The van der Waals surface area contributed by atoms with E-state index in [1.165, 1.54) is 13.8 Å². The topological polar surface area (TPSA) is 185 Å². The highest BCUT2D eigenvalue weighted by atomic mass is 16.6. The fourth-order valence-electron chi connectivity index (χ4n) is 5.68. The largest absolute Gasteiger partial charge is 0.458 e. The van der Waals surface area contributed by atoms with Gasteiger partial charge in [-0.15, -0.1) is 0 Å². The molecule has 0 radical (unpaired) electrons. The van der Waals surface area contributed by atoms with Crippen molar-refractivity contribution in [1.29, 1.82) is 0 Å². The summed E-state index contributed by atoms with van der Waals surface area (Å²) in [4.78, 5) is 81.3. The molecule has 1 aromatic heterocycles. The SMILES string of the molecule is CCN(CC)CCNC(=O)c1c(C)[nH]c(/C=C2\C(=O)Nc3ccc(NC(=O)CCC(=O)OC(C)C(=O)OC(C)C(=O)OCc4ccccc4)cc32)c1C. The van der Waals surface area contributed by atoms with Gasteiger partial charge in [-0.1, -0.05) is 44.2 Å². The number of nitrogens with one attached hydrogen (secondary N) is 4. The maximum atomic E-state index is 13.0. The average Bonchev–Trinajstić information content (AvgIpc) is 3.60. The third kappa shape index (κ3) is 10.9. The van der Waals surface area contributed by atoms with E-state index in [-0.39, 0.29) is 31.3 Å². The van der Waals surface area contributed by atoms with E-state index in [0.29, 0.717) is 51.6 Å². The monoisotopic (exact) mass is 729 g/mol. The number of hydrogen-bond acceptors (Lipinski definition) is 10. The first-order chi connectivity index (χ1) is 25.3. The molecular formula is C39H47N5O9. The third-order valence-electron chi connectivity index (χ3n) is 8.73. The summed E-state index contributed by atoms with van der Waals surface area (Å²) in [5, 5.41) is 8.52. The second kappa shape index (κ2) is 18.6. The first kappa shape index (κ1) is 40.0. The molecule has 0 fully saturated rings. The molecule has 282 valence electrons. The first-order valence-electron chi connectivity index (χ1n) is 17.6. The number of carbonyl (C=O) groups excluding carboxylic acids is 6. The number of aromatic amines is 1. The van der Waals surface area contributed by atoms with Crippen LogP contribution in [0.15, 0.2) is 48.5 Å². The number of nitrogens with zero attached hydrogens (tertiary/aromatic N) is 1. The summed E-state index contributed by atoms with van der Waals surface area (Å²) in [6.07, 6.45) is -1.44. The number of hydrogen-bond donors (Lipinski definition) is 4. The van der Waals surface area contributed by atoms with Crippen LogP contribution in [0.3, 0.4) is 0 Å². The lowest BCUT2D eigenvalue weighted by Crippen LogP contribution is -2.35. The van der Waals surface area contributed by atoms with Crippen LogP contribution in [0.2, 0.25) is 0 Å². The fourth-order valence-corrected chi connectivity index (χ4v) is 5.68. The van der Waals surface area contributed by atoms with Gasteiger partial charge in [0.1, 0.15) is 6.61 Å². The van der Waals surface area contributed by atoms with E-state index in [1.807, 2.05) is 13.0 Å². The zero-order valence-electron chi connectivity index (χ0n) is 30.9. The molecule has 4 rings (SSSR count). The van der Waals surface area contributed by atoms with Crippen LogP contribution >= 0.6 is 0 Å². The van der Waals surface area contributed by atoms with Crippen molar-refractivity contribution >= 4 is 58.7 Å². The van der Waals surface area contributed by atoms with Gasteiger partial charge in [0.2, 0.25) is 5.91 Å². The molecule has 2 aromatic carbocycles. The second-order valence-corrected chi connectivity index (χ2v) is 12.6. The smallest absolute Gasteiger partial charge is 0.347 e. The van der Waals surface area contributed by atoms with Crippen molar-refractivity contribution in [2.45, 2.75) is 73.2 Å². The molecule has 2 atom stereocenters. The van der Waals surface area contributed by atoms with Gasteiger partial charge in [-0.05, 0) is 76.2 Å². The molecule has 0 bridgehead atoms. The highest BCUT2D eigenvalue weighted by Gasteiger charge is 2.28. The Balaban J connectivity index is 1.29. The number of ether oxygens (including phenoxy) is 3. The number of rotatable bonds is 17. The Kier molecular flexibility index (Phi) is 14.1. The Bertz CT molecular complexity index is 1860. The number of fused-ring (bicyclic) bond motifs is 1. The van der Waals surface area contributed by atoms with Crippen LogP contribution in [0.5, 0.6) is 0 Å². The van der Waals surface area contributed by atoms with Crippen LogP contribution in [0, 0.1) is 13.8 Å². The van der Waals surface area contributed by atoms with Gasteiger partial charge in [0.05, 0.1) is 17.6 Å². The van der Waals surface area contributed by atoms with Crippen LogP contribution < -0.4 is 16.0 Å². The van der Waals surface area contributed by atoms with Gasteiger partial charge in [0.15, 0.2) is 12.2 Å². The van der Waals surface area contributed by atoms with E-state index >= 15 is 0 Å². The Morgan fingerprint density at radius 2 is 1.60 bits per heavy atom. The molecule has 14 nitrogen and oxygen atoms in total. The minimum atomic E-state index is -1.32. The molecule has 53 heavy (non-hydrogen) atoms. The van der Waals surface area contributed by atoms with Crippen LogP contribution in [0.25, 0.3) is 11.6 Å². The summed E-state index contributed by atoms with van der Waals surface area (Å²) in [6.45, 7) is 13.5. The number of carbonyl (C=O) groups is 6. The molecular weight excluding hydrogens is 682 g/mol. The Hall–Kier alpha value is -5.76. The van der Waals surface area contributed by atoms with E-state index in [1.54, 1.807) is 55.5 Å². The highest BCUT2D eigenvalue weighted by molar-refractivity contribution is 6.35. The zero-order chi connectivity index (χ0) is 38.7. The lowest BCUT2D eigenvalue weighted by Gasteiger charge is -2.18. The van der Waals surface area contributed by atoms with Gasteiger partial charge in [-0.2, -0.15) is 0 Å². The lowest BCUT2D eigenvalue weighted by molar-refractivity contribution is -0.177. The van der Waals surface area contributed by atoms with Crippen molar-refractivity contribution < 1.29 is 43.0 Å². The molecule has 2 unspecified atom stereocenters. The maximum Gasteiger partial charge on any atom is 0.347 e. The fraction of sp³-hybridized carbons (Fsp3) is 0.385. The Morgan fingerprint density at radius 3 is 2.30 bits per heavy atom. The van der Waals surface area contributed by atoms with Crippen molar-refractivity contribution in [3.63, 3.8) is 0 Å². The van der Waals surface area contributed by atoms with Gasteiger partial charge in [-0.25, -0.2) is 9.59 Å². The number of esters is 3. The van der Waals surface area contributed by atoms with Crippen LogP contribution in [0.4, 0.5) is 11.4 Å². The van der Waals surface area contributed by atoms with Crippen molar-refractivity contribution in [1.82, 2.24) is 15.2 Å². The number of aromatic nitrogens is 1. The van der Waals surface area contributed by atoms with Crippen molar-refractivity contribution in [2.75, 3.05) is 36.8 Å². The third-order valence-corrected chi connectivity index (χ3v) is 8.73. The molecule has 4 N–H and O–H groups in total. The molecule has 1 aliphatic heterocycles. The number of anilines is 2. The summed E-state index contributed by atoms with van der Waals surface area (Å²) in [5.74, 6) is -3.54. The molecule has 0 saturated heterocycles. The molecule has 0 aliphatic carbocycles. The summed E-state index contributed by atoms with van der Waals surface area (Å²) in [6, 6.07) is 13.9. The van der Waals surface area contributed by atoms with Crippen LogP contribution in [0.1, 0.15) is 79.0 Å². The van der Waals surface area contributed by atoms with Crippen molar-refractivity contribution in [2.24, 2.45) is 0 Å². The van der Waals surface area contributed by atoms with Crippen LogP contribution in [-0.4, -0.2) is 83.9 Å². The number of aryl methyl sites for hydroxylation is 1. The number of H-pyrrole nitrogens is 1. The standard InChI is InChI=1S/C39H47N5O9/c1-7-44(8-2)19-18-40-37(48)35-23(3)32(41-24(35)4)21-30-29-20-28(14-15-31(29)43-36(30)47)42-33(45)16-17-34(46)52-26(6)39(50)53-25(5)38(49)51-22-27-12-10-9-11-13-27/h9-15,20-21,25-26,41H,7-8,16-19,22H2,1-6H3,(H,40,48)(H,42,45)(H,43,47)/b30-21-. The Labute approximate surface area is 308 Å². The molecule has 1 aliphatic rings. The van der Waals surface area contributed by atoms with Crippen molar-refractivity contribution in [3.8, 4) is 0 Å². The minimum absolute atomic E-state index is 0.0133. The predicted molar refractivity (Wildman–Crippen MR) is 199 cm³/mol. The summed E-state index contributed by atoms with van der Waals surface area (Å²) in [7, 11) is 0. The normalized spacial score (nSPS) is 13.9. The van der Waals surface area contributed by atoms with Gasteiger partial charge < -0.3 is 40.0 Å². The molecule has 14 heteroatoms. The molecule has 3 amide bonds. The van der Waals surface area contributed by atoms with Gasteiger partial charge >= 0.3 is 17.9 Å². The molecule has 3 aromatic rings. The van der Waals surface area contributed by atoms with E-state index < -0.39 is 36.0 Å². The quantitative estimate of drug-likeness (QED) is 0.0875. The van der Waals surface area contributed by atoms with Gasteiger partial charge in [0, 0.05) is 47.8 Å². The first-order valence-corrected chi connectivity index (χ1v) is 17.6. The van der Waals surface area contributed by atoms with E-state index in [2.05, 4.69) is 39.7 Å². The molecule has 0 saturated carbocycles. The van der Waals surface area contributed by atoms with Crippen LogP contribution in [-0.2, 0) is 44.8 Å². The predicted octanol–water partition coefficient (Wildman–Crippen LogP) is 4.52. The minimum Gasteiger partial charge on any atom is -0.458 e. The summed E-state index contributed by atoms with van der Waals surface area (Å²) < 4.78 is 15.4. The lowest BCUT2D eigenvalue weighted by atomic mass is 10.0. The van der Waals surface area contributed by atoms with E-state index in [0.717, 1.165) is 25.2 Å². The summed E-state index contributed by atoms with van der Waals surface area (Å²) in [5.41, 5.74) is 5.12. The average molecular weight is 730 g/mol. The highest BCUT2D eigenvalue weighted by Crippen LogP contribution is 2.36. The zero-order valence-corrected chi connectivity index (χ0v) is 30.9. The number of benzene rings is 2. The van der Waals surface area contributed by atoms with Gasteiger partial charge in [0.25, 0.3) is 11.8 Å². The van der Waals surface area contributed by atoms with E-state index in [4.69, 9.17) is 14.2 Å².